The monoisotopic (exact) mass is 563 g/mol. The van der Waals surface area contributed by atoms with Gasteiger partial charge in [0.2, 0.25) is 5.91 Å². The third-order valence-electron chi connectivity index (χ3n) is 9.12. The lowest BCUT2D eigenvalue weighted by atomic mass is 9.43. The molecule has 3 aliphatic carbocycles. The van der Waals surface area contributed by atoms with Gasteiger partial charge >= 0.3 is 7.12 Å². The van der Waals surface area contributed by atoms with E-state index in [0.717, 1.165) is 12.8 Å². The summed E-state index contributed by atoms with van der Waals surface area (Å²) in [6, 6.07) is 0. The lowest BCUT2D eigenvalue weighted by molar-refractivity contribution is -0.525. The lowest BCUT2D eigenvalue weighted by Crippen LogP contribution is -2.65. The first kappa shape index (κ1) is 32.3. The van der Waals surface area contributed by atoms with Crippen molar-refractivity contribution in [2.75, 3.05) is 6.54 Å². The number of nitro groups is 1. The molecule has 1 aliphatic heterocycles. The summed E-state index contributed by atoms with van der Waals surface area (Å²) < 4.78 is 13.2. The van der Waals surface area contributed by atoms with Crippen molar-refractivity contribution in [3.63, 3.8) is 0 Å². The Labute approximate surface area is 239 Å². The van der Waals surface area contributed by atoms with E-state index in [1.807, 2.05) is 26.2 Å². The van der Waals surface area contributed by atoms with Gasteiger partial charge in [-0.3, -0.25) is 9.59 Å². The number of hydrogen-bond acceptors (Lipinski definition) is 7. The number of amides is 1. The molecule has 4 N–H and O–H groups in total. The molecule has 4 rings (SSSR count). The molecule has 1 heterocycles. The van der Waals surface area contributed by atoms with Gasteiger partial charge in [0.25, 0.3) is 5.96 Å². The second-order valence-electron chi connectivity index (χ2n) is 14.5. The Bertz CT molecular complexity index is 983. The summed E-state index contributed by atoms with van der Waals surface area (Å²) in [6.07, 6.45) is 4.16. The molecular weight excluding hydrogens is 513 g/mol. The first-order valence-electron chi connectivity index (χ1n) is 14.8. The van der Waals surface area contributed by atoms with Gasteiger partial charge in [-0.25, -0.2) is 15.1 Å². The number of aliphatic imine (C=N–C) groups is 1. The van der Waals surface area contributed by atoms with Crippen molar-refractivity contribution in [1.82, 2.24) is 10.7 Å². The molecule has 6 atom stereocenters. The summed E-state index contributed by atoms with van der Waals surface area (Å²) in [6.45, 7) is 17.2. The second-order valence-corrected chi connectivity index (χ2v) is 14.5. The number of carbonyl (C=O) groups is 2. The maximum Gasteiger partial charge on any atom is 0.481 e. The van der Waals surface area contributed by atoms with Crippen molar-refractivity contribution in [3.05, 3.63) is 10.1 Å². The van der Waals surface area contributed by atoms with E-state index in [2.05, 4.69) is 44.9 Å². The molecular formula is C28H50BN5O6. The molecule has 12 heteroatoms. The maximum atomic E-state index is 13.7. The van der Waals surface area contributed by atoms with Gasteiger partial charge in [0.15, 0.2) is 5.03 Å². The van der Waals surface area contributed by atoms with Crippen LogP contribution in [0.2, 0.25) is 0 Å². The molecule has 1 saturated heterocycles. The Morgan fingerprint density at radius 2 is 1.90 bits per heavy atom. The van der Waals surface area contributed by atoms with Crippen LogP contribution in [0.4, 0.5) is 0 Å². The topological polar surface area (TPSA) is 158 Å². The van der Waals surface area contributed by atoms with Crippen LogP contribution in [-0.4, -0.2) is 54.0 Å². The van der Waals surface area contributed by atoms with Crippen LogP contribution in [0.1, 0.15) is 100 Å². The standard InChI is InChI=1S/C28H50BN5O6/c1-17(2)12-23(29-39-22-15-19-14-21(27(19,6)7)28(22,8)40-29)32-24(36)18(13-20(35)16-26(3,4)5)10-9-11-31-25(30)33-34(37)38/h17-19,21-23H,9-16H2,1-8H3,(H,32,36)(H3,30,31,33)/t18-,19-,21-,22-,23+,28+/m1/s1. The van der Waals surface area contributed by atoms with Crippen molar-refractivity contribution in [1.29, 1.82) is 0 Å². The van der Waals surface area contributed by atoms with E-state index in [0.29, 0.717) is 43.4 Å². The minimum Gasteiger partial charge on any atom is -0.404 e. The maximum absolute atomic E-state index is 13.7. The van der Waals surface area contributed by atoms with Gasteiger partial charge in [0, 0.05) is 25.3 Å². The number of ketones is 1. The van der Waals surface area contributed by atoms with E-state index < -0.39 is 18.1 Å². The van der Waals surface area contributed by atoms with Crippen LogP contribution in [0.3, 0.4) is 0 Å². The van der Waals surface area contributed by atoms with E-state index in [4.69, 9.17) is 15.0 Å². The summed E-state index contributed by atoms with van der Waals surface area (Å²) in [7, 11) is -0.542. The fourth-order valence-electron chi connectivity index (χ4n) is 7.05. The largest absolute Gasteiger partial charge is 0.481 e. The molecule has 11 nitrogen and oxygen atoms in total. The Hall–Kier alpha value is -2.21. The molecule has 4 fully saturated rings. The van der Waals surface area contributed by atoms with Gasteiger partial charge < -0.3 is 20.4 Å². The van der Waals surface area contributed by atoms with Crippen molar-refractivity contribution >= 4 is 24.8 Å². The van der Waals surface area contributed by atoms with Crippen molar-refractivity contribution < 1.29 is 23.9 Å². The highest BCUT2D eigenvalue weighted by atomic mass is 16.7. The van der Waals surface area contributed by atoms with Crippen LogP contribution in [0.25, 0.3) is 0 Å². The zero-order valence-corrected chi connectivity index (χ0v) is 25.6. The fraction of sp³-hybridized carbons (Fsp3) is 0.893. The number of hydrazine groups is 1. The summed E-state index contributed by atoms with van der Waals surface area (Å²) >= 11 is 0. The molecule has 4 aliphatic rings. The van der Waals surface area contributed by atoms with E-state index in [1.54, 1.807) is 0 Å². The summed E-state index contributed by atoms with van der Waals surface area (Å²) in [5, 5.41) is 13.0. The van der Waals surface area contributed by atoms with Crippen molar-refractivity contribution in [2.24, 2.45) is 45.2 Å². The predicted molar refractivity (Wildman–Crippen MR) is 155 cm³/mol. The predicted octanol–water partition coefficient (Wildman–Crippen LogP) is 3.67. The fourth-order valence-corrected chi connectivity index (χ4v) is 7.05. The molecule has 1 amide bonds. The van der Waals surface area contributed by atoms with Crippen LogP contribution in [-0.2, 0) is 18.9 Å². The molecule has 0 aromatic heterocycles. The number of hydrogen-bond donors (Lipinski definition) is 3. The second kappa shape index (κ2) is 12.3. The van der Waals surface area contributed by atoms with Gasteiger partial charge in [0.05, 0.1) is 17.6 Å². The quantitative estimate of drug-likeness (QED) is 0.0765. The summed E-state index contributed by atoms with van der Waals surface area (Å²) in [5.41, 5.74) is 6.98. The number of nitrogens with one attached hydrogen (secondary N) is 2. The highest BCUT2D eigenvalue weighted by molar-refractivity contribution is 6.47. The van der Waals surface area contributed by atoms with Gasteiger partial charge in [-0.1, -0.05) is 53.9 Å². The zero-order chi connectivity index (χ0) is 30.0. The van der Waals surface area contributed by atoms with Crippen LogP contribution in [0, 0.1) is 44.6 Å². The molecule has 0 aromatic carbocycles. The van der Waals surface area contributed by atoms with Crippen LogP contribution < -0.4 is 16.5 Å². The molecule has 2 bridgehead atoms. The molecule has 3 saturated carbocycles. The van der Waals surface area contributed by atoms with Gasteiger partial charge in [-0.05, 0) is 67.6 Å². The average molecular weight is 564 g/mol. The first-order chi connectivity index (χ1) is 18.4. The Kier molecular flexibility index (Phi) is 9.97. The van der Waals surface area contributed by atoms with E-state index >= 15 is 0 Å². The van der Waals surface area contributed by atoms with Gasteiger partial charge in [-0.15, -0.1) is 0 Å². The number of rotatable bonds is 13. The number of nitrogens with zero attached hydrogens (tertiary/aromatic N) is 2. The summed E-state index contributed by atoms with van der Waals surface area (Å²) in [5.74, 6) is -0.0194. The normalized spacial score (nSPS) is 28.9. The SMILES string of the molecule is CC(C)C[C@H](NC(=O)[C@H](CCCN=C(N)N[N+](=O)[O-])CC(=O)CC(C)(C)C)B1O[C@@H]2C[C@H]3C[C@H](C3(C)C)[C@]2(C)O1. The Morgan fingerprint density at radius 1 is 1.23 bits per heavy atom. The first-order valence-corrected chi connectivity index (χ1v) is 14.8. The van der Waals surface area contributed by atoms with E-state index in [-0.39, 0.29) is 59.1 Å². The summed E-state index contributed by atoms with van der Waals surface area (Å²) in [4.78, 5) is 41.1. The molecule has 226 valence electrons. The van der Waals surface area contributed by atoms with Crippen LogP contribution in [0.15, 0.2) is 4.99 Å². The van der Waals surface area contributed by atoms with Crippen LogP contribution >= 0.6 is 0 Å². The molecule has 0 spiro atoms. The highest BCUT2D eigenvalue weighted by Gasteiger charge is 2.68. The lowest BCUT2D eigenvalue weighted by Gasteiger charge is -2.64. The highest BCUT2D eigenvalue weighted by Crippen LogP contribution is 2.65. The van der Waals surface area contributed by atoms with E-state index in [9.17, 15) is 19.7 Å². The third kappa shape index (κ3) is 7.75. The van der Waals surface area contributed by atoms with Gasteiger partial charge in [0.1, 0.15) is 5.78 Å². The Morgan fingerprint density at radius 3 is 2.48 bits per heavy atom. The minimum atomic E-state index is -0.775. The number of nitrogens with two attached hydrogens (primary N) is 1. The van der Waals surface area contributed by atoms with Crippen LogP contribution in [0.5, 0.6) is 0 Å². The number of carbonyl (C=O) groups excluding carboxylic acids is 2. The number of Topliss-reactive ketones (excluding diaryl/α,β-unsaturated/α-hetero) is 1. The number of guanidine groups is 1. The van der Waals surface area contributed by atoms with E-state index in [1.165, 1.54) is 0 Å². The molecule has 0 aromatic rings. The Balaban J connectivity index is 1.70. The van der Waals surface area contributed by atoms with Crippen molar-refractivity contribution in [2.45, 2.75) is 118 Å². The zero-order valence-electron chi connectivity index (χ0n) is 25.6. The average Bonchev–Trinajstić information content (AvgIpc) is 3.15. The molecule has 0 unspecified atom stereocenters. The smallest absolute Gasteiger partial charge is 0.404 e. The molecule has 40 heavy (non-hydrogen) atoms. The van der Waals surface area contributed by atoms with Gasteiger partial charge in [-0.2, -0.15) is 0 Å². The molecule has 0 radical (unpaired) electrons. The minimum absolute atomic E-state index is 0.0149. The third-order valence-corrected chi connectivity index (χ3v) is 9.12. The van der Waals surface area contributed by atoms with Crippen molar-refractivity contribution in [3.8, 4) is 0 Å².